The van der Waals surface area contributed by atoms with Crippen molar-refractivity contribution in [2.45, 2.75) is 18.8 Å². The van der Waals surface area contributed by atoms with Crippen LogP contribution in [-0.4, -0.2) is 33.4 Å². The number of piperazine rings is 1. The molecule has 2 aromatic rings. The lowest BCUT2D eigenvalue weighted by Gasteiger charge is -2.36. The van der Waals surface area contributed by atoms with Gasteiger partial charge in [-0.25, -0.2) is 4.98 Å². The van der Waals surface area contributed by atoms with E-state index in [1.165, 1.54) is 18.2 Å². The average Bonchev–Trinajstić information content (AvgIpc) is 2.92. The number of alkyl halides is 3. The van der Waals surface area contributed by atoms with E-state index in [1.54, 1.807) is 22.0 Å². The standard InChI is InChI=1S/C16H17F3N4O/c1-22-10-20-8-11(22)9-23-7-6-21-15(24)14(23)12-4-2-3-5-13(12)16(17,18)19/h2-5,8,10,14H,6-7,9H2,1H3,(H,21,24)/t14-/m1/s1. The van der Waals surface area contributed by atoms with Crippen LogP contribution in [0.2, 0.25) is 0 Å². The zero-order valence-electron chi connectivity index (χ0n) is 13.0. The van der Waals surface area contributed by atoms with Crippen molar-refractivity contribution >= 4 is 5.91 Å². The van der Waals surface area contributed by atoms with Crippen molar-refractivity contribution in [1.29, 1.82) is 0 Å². The van der Waals surface area contributed by atoms with Gasteiger partial charge in [0.15, 0.2) is 0 Å². The van der Waals surface area contributed by atoms with E-state index in [0.29, 0.717) is 19.6 Å². The summed E-state index contributed by atoms with van der Waals surface area (Å²) < 4.78 is 41.8. The van der Waals surface area contributed by atoms with Crippen LogP contribution in [0.3, 0.4) is 0 Å². The lowest BCUT2D eigenvalue weighted by Crippen LogP contribution is -2.50. The van der Waals surface area contributed by atoms with Crippen LogP contribution in [0.4, 0.5) is 13.2 Å². The zero-order valence-corrected chi connectivity index (χ0v) is 13.0. The molecular formula is C16H17F3N4O. The Morgan fingerprint density at radius 2 is 2.08 bits per heavy atom. The number of nitrogens with zero attached hydrogens (tertiary/aromatic N) is 3. The van der Waals surface area contributed by atoms with Crippen molar-refractivity contribution in [2.24, 2.45) is 7.05 Å². The number of carbonyl (C=O) groups excluding carboxylic acids is 1. The normalized spacial score (nSPS) is 19.3. The van der Waals surface area contributed by atoms with E-state index in [4.69, 9.17) is 0 Å². The van der Waals surface area contributed by atoms with Crippen molar-refractivity contribution < 1.29 is 18.0 Å². The van der Waals surface area contributed by atoms with Gasteiger partial charge in [0.1, 0.15) is 6.04 Å². The van der Waals surface area contributed by atoms with Gasteiger partial charge in [-0.1, -0.05) is 18.2 Å². The Bertz CT molecular complexity index is 741. The van der Waals surface area contributed by atoms with Crippen LogP contribution < -0.4 is 5.32 Å². The maximum Gasteiger partial charge on any atom is 0.416 e. The van der Waals surface area contributed by atoms with E-state index in [1.807, 2.05) is 7.05 Å². The predicted molar refractivity (Wildman–Crippen MR) is 80.8 cm³/mol. The highest BCUT2D eigenvalue weighted by Crippen LogP contribution is 2.37. The van der Waals surface area contributed by atoms with E-state index < -0.39 is 23.7 Å². The molecule has 1 atom stereocenters. The SMILES string of the molecule is Cn1cncc1CN1CCNC(=O)[C@H]1c1ccccc1C(F)(F)F. The number of nitrogens with one attached hydrogen (secondary N) is 1. The maximum atomic E-state index is 13.3. The van der Waals surface area contributed by atoms with Gasteiger partial charge in [-0.05, 0) is 11.6 Å². The maximum absolute atomic E-state index is 13.3. The summed E-state index contributed by atoms with van der Waals surface area (Å²) in [5.41, 5.74) is 0.0330. The molecule has 1 aromatic heterocycles. The van der Waals surface area contributed by atoms with Crippen LogP contribution in [0, 0.1) is 0 Å². The van der Waals surface area contributed by atoms with E-state index in [9.17, 15) is 18.0 Å². The number of halogens is 3. The molecule has 1 fully saturated rings. The molecule has 0 spiro atoms. The van der Waals surface area contributed by atoms with Crippen molar-refractivity contribution in [1.82, 2.24) is 19.8 Å². The molecule has 0 aliphatic carbocycles. The Morgan fingerprint density at radius 1 is 1.33 bits per heavy atom. The minimum atomic E-state index is -4.51. The second kappa shape index (κ2) is 6.27. The number of amides is 1. The Morgan fingerprint density at radius 3 is 2.75 bits per heavy atom. The number of hydrogen-bond donors (Lipinski definition) is 1. The summed E-state index contributed by atoms with van der Waals surface area (Å²) in [5.74, 6) is -0.417. The molecule has 1 aromatic carbocycles. The Labute approximate surface area is 137 Å². The topological polar surface area (TPSA) is 50.2 Å². The minimum absolute atomic E-state index is 0.0237. The third kappa shape index (κ3) is 3.14. The molecule has 24 heavy (non-hydrogen) atoms. The number of rotatable bonds is 3. The van der Waals surface area contributed by atoms with E-state index in [2.05, 4.69) is 10.3 Å². The lowest BCUT2D eigenvalue weighted by molar-refractivity contribution is -0.140. The number of benzene rings is 1. The molecule has 2 heterocycles. The van der Waals surface area contributed by atoms with Crippen LogP contribution in [0.15, 0.2) is 36.8 Å². The Kier molecular flexibility index (Phi) is 4.31. The molecule has 128 valence electrons. The van der Waals surface area contributed by atoms with E-state index in [-0.39, 0.29) is 5.56 Å². The van der Waals surface area contributed by atoms with Crippen LogP contribution in [0.5, 0.6) is 0 Å². The first-order chi connectivity index (χ1) is 11.4. The second-order valence-electron chi connectivity index (χ2n) is 5.74. The molecule has 8 heteroatoms. The first-order valence-electron chi connectivity index (χ1n) is 7.51. The van der Waals surface area contributed by atoms with Crippen LogP contribution >= 0.6 is 0 Å². The quantitative estimate of drug-likeness (QED) is 0.933. The molecule has 3 rings (SSSR count). The van der Waals surface area contributed by atoms with Crippen LogP contribution in [-0.2, 0) is 24.6 Å². The first-order valence-corrected chi connectivity index (χ1v) is 7.51. The van der Waals surface area contributed by atoms with Gasteiger partial charge in [0, 0.05) is 32.9 Å². The van der Waals surface area contributed by atoms with Crippen molar-refractivity contribution in [3.05, 3.63) is 53.6 Å². The molecule has 0 bridgehead atoms. The van der Waals surface area contributed by atoms with Gasteiger partial charge in [-0.3, -0.25) is 9.69 Å². The number of hydrogen-bond acceptors (Lipinski definition) is 3. The zero-order chi connectivity index (χ0) is 17.3. The molecule has 0 saturated carbocycles. The number of carbonyl (C=O) groups is 1. The lowest BCUT2D eigenvalue weighted by atomic mass is 9.96. The molecule has 1 aliphatic heterocycles. The summed E-state index contributed by atoms with van der Waals surface area (Å²) in [7, 11) is 1.81. The van der Waals surface area contributed by atoms with Gasteiger partial charge >= 0.3 is 6.18 Å². The fourth-order valence-corrected chi connectivity index (χ4v) is 2.96. The summed E-state index contributed by atoms with van der Waals surface area (Å²) in [4.78, 5) is 18.1. The van der Waals surface area contributed by atoms with Gasteiger partial charge in [-0.2, -0.15) is 13.2 Å². The highest BCUT2D eigenvalue weighted by atomic mass is 19.4. The summed E-state index contributed by atoms with van der Waals surface area (Å²) in [6, 6.07) is 4.26. The average molecular weight is 338 g/mol. The van der Waals surface area contributed by atoms with E-state index >= 15 is 0 Å². The molecule has 0 radical (unpaired) electrons. The predicted octanol–water partition coefficient (Wildman–Crippen LogP) is 2.11. The fraction of sp³-hybridized carbons (Fsp3) is 0.375. The molecule has 1 N–H and O–H groups in total. The van der Waals surface area contributed by atoms with Crippen molar-refractivity contribution in [3.63, 3.8) is 0 Å². The minimum Gasteiger partial charge on any atom is -0.353 e. The smallest absolute Gasteiger partial charge is 0.353 e. The van der Waals surface area contributed by atoms with Gasteiger partial charge in [0.2, 0.25) is 5.91 Å². The highest BCUT2D eigenvalue weighted by molar-refractivity contribution is 5.84. The molecule has 1 aliphatic rings. The van der Waals surface area contributed by atoms with Gasteiger partial charge < -0.3 is 9.88 Å². The summed E-state index contributed by atoms with van der Waals surface area (Å²) in [6.45, 7) is 1.22. The van der Waals surface area contributed by atoms with Gasteiger partial charge in [0.25, 0.3) is 0 Å². The van der Waals surface area contributed by atoms with E-state index in [0.717, 1.165) is 11.8 Å². The molecule has 0 unspecified atom stereocenters. The second-order valence-corrected chi connectivity index (χ2v) is 5.74. The first kappa shape index (κ1) is 16.5. The van der Waals surface area contributed by atoms with Crippen molar-refractivity contribution in [3.8, 4) is 0 Å². The Hall–Kier alpha value is -2.35. The summed E-state index contributed by atoms with van der Waals surface area (Å²) in [6.07, 6.45) is -1.23. The molecule has 1 amide bonds. The van der Waals surface area contributed by atoms with Crippen LogP contribution in [0.1, 0.15) is 22.9 Å². The third-order valence-electron chi connectivity index (χ3n) is 4.15. The third-order valence-corrected chi connectivity index (χ3v) is 4.15. The number of aryl methyl sites for hydroxylation is 1. The number of aromatic nitrogens is 2. The molecular weight excluding hydrogens is 321 g/mol. The highest BCUT2D eigenvalue weighted by Gasteiger charge is 2.40. The summed E-state index contributed by atoms with van der Waals surface area (Å²) >= 11 is 0. The molecule has 1 saturated heterocycles. The van der Waals surface area contributed by atoms with Gasteiger partial charge in [-0.15, -0.1) is 0 Å². The fourth-order valence-electron chi connectivity index (χ4n) is 2.96. The number of imidazole rings is 1. The summed E-state index contributed by atoms with van der Waals surface area (Å²) in [5, 5.41) is 2.66. The monoisotopic (exact) mass is 338 g/mol. The van der Waals surface area contributed by atoms with Crippen molar-refractivity contribution in [2.75, 3.05) is 13.1 Å². The largest absolute Gasteiger partial charge is 0.416 e. The van der Waals surface area contributed by atoms with Gasteiger partial charge in [0.05, 0.1) is 17.6 Å². The molecule has 5 nitrogen and oxygen atoms in total. The van der Waals surface area contributed by atoms with Crippen LogP contribution in [0.25, 0.3) is 0 Å². The Balaban J connectivity index is 1.99.